The normalized spacial score (nSPS) is 17.5. The number of halogens is 1. The summed E-state index contributed by atoms with van der Waals surface area (Å²) in [7, 11) is 1.60. The standard InChI is InChI=1S/C19H17BrN2O3S/c1-25-10-9-22-18(24)17(12-13-7-8-16(23)15(20)11-13)26-19(22)21-14-5-3-2-4-6-14/h2-8,11-12,23H,9-10H2,1H3. The Hall–Kier alpha value is -2.09. The molecule has 1 amide bonds. The van der Waals surface area contributed by atoms with Crippen LogP contribution in [-0.4, -0.2) is 41.3 Å². The second kappa shape index (κ2) is 8.53. The number of hydrogen-bond acceptors (Lipinski definition) is 5. The van der Waals surface area contributed by atoms with Crippen LogP contribution in [-0.2, 0) is 9.53 Å². The maximum absolute atomic E-state index is 12.8. The van der Waals surface area contributed by atoms with Crippen LogP contribution < -0.4 is 0 Å². The number of ether oxygens (including phenoxy) is 1. The van der Waals surface area contributed by atoms with E-state index < -0.39 is 0 Å². The minimum atomic E-state index is -0.106. The van der Waals surface area contributed by atoms with Gasteiger partial charge >= 0.3 is 0 Å². The molecule has 1 aliphatic rings. The Morgan fingerprint density at radius 3 is 2.73 bits per heavy atom. The minimum absolute atomic E-state index is 0.106. The summed E-state index contributed by atoms with van der Waals surface area (Å²) in [5.74, 6) is 0.0523. The summed E-state index contributed by atoms with van der Waals surface area (Å²) in [6, 6.07) is 14.6. The van der Waals surface area contributed by atoms with Crippen molar-refractivity contribution in [2.75, 3.05) is 20.3 Å². The Morgan fingerprint density at radius 2 is 2.04 bits per heavy atom. The zero-order valence-electron chi connectivity index (χ0n) is 14.1. The third-order valence-corrected chi connectivity index (χ3v) is 5.30. The molecule has 26 heavy (non-hydrogen) atoms. The Morgan fingerprint density at radius 1 is 1.27 bits per heavy atom. The molecular formula is C19H17BrN2O3S. The molecule has 1 fully saturated rings. The molecule has 0 radical (unpaired) electrons. The summed E-state index contributed by atoms with van der Waals surface area (Å²) >= 11 is 4.62. The second-order valence-corrected chi connectivity index (χ2v) is 7.36. The van der Waals surface area contributed by atoms with Crippen LogP contribution in [0.3, 0.4) is 0 Å². The first-order valence-corrected chi connectivity index (χ1v) is 9.52. The maximum Gasteiger partial charge on any atom is 0.266 e. The number of amidine groups is 1. The zero-order chi connectivity index (χ0) is 18.5. The van der Waals surface area contributed by atoms with E-state index in [0.29, 0.717) is 27.7 Å². The molecule has 0 aliphatic carbocycles. The average molecular weight is 433 g/mol. The third-order valence-electron chi connectivity index (χ3n) is 3.66. The monoisotopic (exact) mass is 432 g/mol. The largest absolute Gasteiger partial charge is 0.507 e. The van der Waals surface area contributed by atoms with E-state index in [1.807, 2.05) is 30.3 Å². The lowest BCUT2D eigenvalue weighted by molar-refractivity contribution is -0.122. The van der Waals surface area contributed by atoms with Crippen molar-refractivity contribution in [2.45, 2.75) is 0 Å². The fraction of sp³-hybridized carbons (Fsp3) is 0.158. The Kier molecular flexibility index (Phi) is 6.13. The highest BCUT2D eigenvalue weighted by atomic mass is 79.9. The summed E-state index contributed by atoms with van der Waals surface area (Å²) in [6.07, 6.45) is 1.80. The van der Waals surface area contributed by atoms with E-state index in [9.17, 15) is 9.90 Å². The number of methoxy groups -OCH3 is 1. The summed E-state index contributed by atoms with van der Waals surface area (Å²) in [6.45, 7) is 0.864. The van der Waals surface area contributed by atoms with Crippen LogP contribution in [0.5, 0.6) is 5.75 Å². The molecule has 1 saturated heterocycles. The molecule has 134 valence electrons. The quantitative estimate of drug-likeness (QED) is 0.710. The highest BCUT2D eigenvalue weighted by Gasteiger charge is 2.33. The maximum atomic E-state index is 12.8. The number of amides is 1. The average Bonchev–Trinajstić information content (AvgIpc) is 2.92. The van der Waals surface area contributed by atoms with Gasteiger partial charge in [0.05, 0.1) is 28.2 Å². The van der Waals surface area contributed by atoms with Gasteiger partial charge < -0.3 is 9.84 Å². The Labute approximate surface area is 164 Å². The van der Waals surface area contributed by atoms with Crippen LogP contribution in [0.4, 0.5) is 5.69 Å². The lowest BCUT2D eigenvalue weighted by atomic mass is 10.2. The molecule has 0 saturated carbocycles. The Balaban J connectivity index is 1.93. The number of benzene rings is 2. The van der Waals surface area contributed by atoms with Crippen molar-refractivity contribution in [3.63, 3.8) is 0 Å². The molecule has 0 bridgehead atoms. The molecule has 0 unspecified atom stereocenters. The molecule has 5 nitrogen and oxygen atoms in total. The van der Waals surface area contributed by atoms with E-state index in [1.54, 1.807) is 36.3 Å². The molecule has 3 rings (SSSR count). The van der Waals surface area contributed by atoms with Crippen molar-refractivity contribution in [1.29, 1.82) is 0 Å². The summed E-state index contributed by atoms with van der Waals surface area (Å²) in [5.41, 5.74) is 1.61. The first-order chi connectivity index (χ1) is 12.6. The number of hydrogen-bond donors (Lipinski definition) is 1. The van der Waals surface area contributed by atoms with E-state index in [-0.39, 0.29) is 11.7 Å². The predicted molar refractivity (Wildman–Crippen MR) is 109 cm³/mol. The molecule has 2 aromatic carbocycles. The number of rotatable bonds is 5. The van der Waals surface area contributed by atoms with Crippen molar-refractivity contribution in [3.05, 3.63) is 63.5 Å². The zero-order valence-corrected chi connectivity index (χ0v) is 16.5. The van der Waals surface area contributed by atoms with Gasteiger partial charge in [0.2, 0.25) is 0 Å². The van der Waals surface area contributed by atoms with Crippen LogP contribution in [0.25, 0.3) is 6.08 Å². The molecule has 1 heterocycles. The van der Waals surface area contributed by atoms with E-state index in [2.05, 4.69) is 20.9 Å². The number of thioether (sulfide) groups is 1. The molecule has 0 atom stereocenters. The van der Waals surface area contributed by atoms with Gasteiger partial charge in [0.1, 0.15) is 5.75 Å². The van der Waals surface area contributed by atoms with Gasteiger partial charge in [-0.2, -0.15) is 0 Å². The van der Waals surface area contributed by atoms with Gasteiger partial charge in [-0.1, -0.05) is 24.3 Å². The molecule has 7 heteroatoms. The topological polar surface area (TPSA) is 62.1 Å². The van der Waals surface area contributed by atoms with Gasteiger partial charge in [-0.25, -0.2) is 4.99 Å². The van der Waals surface area contributed by atoms with Gasteiger partial charge in [0.25, 0.3) is 5.91 Å². The van der Waals surface area contributed by atoms with Crippen molar-refractivity contribution in [3.8, 4) is 5.75 Å². The third kappa shape index (κ3) is 4.35. The lowest BCUT2D eigenvalue weighted by Gasteiger charge is -2.14. The highest BCUT2D eigenvalue weighted by Crippen LogP contribution is 2.35. The van der Waals surface area contributed by atoms with Crippen molar-refractivity contribution < 1.29 is 14.6 Å². The number of carbonyl (C=O) groups is 1. The van der Waals surface area contributed by atoms with Gasteiger partial charge in [-0.3, -0.25) is 9.69 Å². The molecular weight excluding hydrogens is 416 g/mol. The number of carbonyl (C=O) groups excluding carboxylic acids is 1. The smallest absolute Gasteiger partial charge is 0.266 e. The number of nitrogens with zero attached hydrogens (tertiary/aromatic N) is 2. The first kappa shape index (κ1) is 18.7. The van der Waals surface area contributed by atoms with Crippen molar-refractivity contribution in [2.24, 2.45) is 4.99 Å². The second-order valence-electron chi connectivity index (χ2n) is 5.50. The summed E-state index contributed by atoms with van der Waals surface area (Å²) in [5, 5.41) is 10.2. The minimum Gasteiger partial charge on any atom is -0.507 e. The van der Waals surface area contributed by atoms with Crippen molar-refractivity contribution >= 4 is 50.5 Å². The van der Waals surface area contributed by atoms with Crippen LogP contribution >= 0.6 is 27.7 Å². The lowest BCUT2D eigenvalue weighted by Crippen LogP contribution is -2.32. The van der Waals surface area contributed by atoms with Crippen molar-refractivity contribution in [1.82, 2.24) is 4.90 Å². The summed E-state index contributed by atoms with van der Waals surface area (Å²) < 4.78 is 5.70. The van der Waals surface area contributed by atoms with E-state index in [1.165, 1.54) is 11.8 Å². The van der Waals surface area contributed by atoms with Gasteiger partial charge in [0, 0.05) is 7.11 Å². The van der Waals surface area contributed by atoms with Gasteiger partial charge in [-0.05, 0) is 63.6 Å². The molecule has 0 spiro atoms. The molecule has 1 aliphatic heterocycles. The molecule has 1 N–H and O–H groups in total. The summed E-state index contributed by atoms with van der Waals surface area (Å²) in [4.78, 5) is 19.6. The van der Waals surface area contributed by atoms with Crippen LogP contribution in [0.2, 0.25) is 0 Å². The first-order valence-electron chi connectivity index (χ1n) is 7.91. The van der Waals surface area contributed by atoms with Gasteiger partial charge in [-0.15, -0.1) is 0 Å². The Bertz CT molecular complexity index is 868. The number of phenolic OH excluding ortho intramolecular Hbond substituents is 1. The molecule has 2 aromatic rings. The van der Waals surface area contributed by atoms with Gasteiger partial charge in [0.15, 0.2) is 5.17 Å². The number of para-hydroxylation sites is 1. The fourth-order valence-electron chi connectivity index (χ4n) is 2.35. The van der Waals surface area contributed by atoms with Crippen LogP contribution in [0, 0.1) is 0 Å². The number of aromatic hydroxyl groups is 1. The predicted octanol–water partition coefficient (Wildman–Crippen LogP) is 4.41. The fourth-order valence-corrected chi connectivity index (χ4v) is 3.77. The van der Waals surface area contributed by atoms with E-state index in [4.69, 9.17) is 4.74 Å². The number of aliphatic imine (C=N–C) groups is 1. The molecule has 0 aromatic heterocycles. The van der Waals surface area contributed by atoms with E-state index >= 15 is 0 Å². The van der Waals surface area contributed by atoms with E-state index in [0.717, 1.165) is 11.3 Å². The van der Waals surface area contributed by atoms with Crippen LogP contribution in [0.15, 0.2) is 62.9 Å². The van der Waals surface area contributed by atoms with Crippen LogP contribution in [0.1, 0.15) is 5.56 Å². The SMILES string of the molecule is COCCN1C(=O)C(=Cc2ccc(O)c(Br)c2)SC1=Nc1ccccc1. The highest BCUT2D eigenvalue weighted by molar-refractivity contribution is 9.10. The number of phenols is 1.